The summed E-state index contributed by atoms with van der Waals surface area (Å²) in [6.07, 6.45) is -0.350. The molecule has 5 heteroatoms. The van der Waals surface area contributed by atoms with Crippen molar-refractivity contribution in [3.05, 3.63) is 71.3 Å². The molecule has 1 saturated heterocycles. The number of morpholine rings is 1. The summed E-state index contributed by atoms with van der Waals surface area (Å²) in [5.41, 5.74) is 2.87. The lowest BCUT2D eigenvalue weighted by molar-refractivity contribution is -0.0557. The third kappa shape index (κ3) is 3.86. The molecular weight excluding hydrogens is 322 g/mol. The van der Waals surface area contributed by atoms with E-state index < -0.39 is 10.0 Å². The number of hydrogen-bond donors (Lipinski definition) is 0. The Hall–Kier alpha value is -1.69. The van der Waals surface area contributed by atoms with Crippen molar-refractivity contribution in [1.82, 2.24) is 4.31 Å². The fraction of sp³-hybridized carbons (Fsp3) is 0.368. The lowest BCUT2D eigenvalue weighted by atomic mass is 10.1. The van der Waals surface area contributed by atoms with E-state index >= 15 is 0 Å². The van der Waals surface area contributed by atoms with Gasteiger partial charge in [-0.25, -0.2) is 8.42 Å². The smallest absolute Gasteiger partial charge is 0.218 e. The molecule has 0 saturated carbocycles. The fourth-order valence-electron chi connectivity index (χ4n) is 3.05. The normalized spacial score (nSPS) is 22.4. The molecular formula is C19H23NO3S. The topological polar surface area (TPSA) is 46.6 Å². The zero-order valence-corrected chi connectivity index (χ0v) is 14.9. The minimum Gasteiger partial charge on any atom is -0.368 e. The van der Waals surface area contributed by atoms with Gasteiger partial charge in [0.1, 0.15) is 0 Å². The Morgan fingerprint density at radius 3 is 2.42 bits per heavy atom. The molecule has 0 aliphatic carbocycles. The quantitative estimate of drug-likeness (QED) is 0.854. The van der Waals surface area contributed by atoms with Crippen molar-refractivity contribution in [2.45, 2.75) is 31.8 Å². The Kier molecular flexibility index (Phi) is 5.04. The molecule has 0 aromatic heterocycles. The highest BCUT2D eigenvalue weighted by Crippen LogP contribution is 2.28. The Labute approximate surface area is 144 Å². The van der Waals surface area contributed by atoms with E-state index in [0.29, 0.717) is 13.1 Å². The van der Waals surface area contributed by atoms with Gasteiger partial charge in [0.05, 0.1) is 18.0 Å². The SMILES string of the molecule is Cc1ccccc1CS(=O)(=O)N1CC(C)OC(c2ccccc2)C1. The molecule has 2 aromatic rings. The molecule has 1 fully saturated rings. The van der Waals surface area contributed by atoms with Crippen molar-refractivity contribution >= 4 is 10.0 Å². The minimum absolute atomic E-state index is 0.0356. The van der Waals surface area contributed by atoms with Crippen molar-refractivity contribution < 1.29 is 13.2 Å². The van der Waals surface area contributed by atoms with Crippen LogP contribution >= 0.6 is 0 Å². The molecule has 2 atom stereocenters. The van der Waals surface area contributed by atoms with Crippen LogP contribution in [0.3, 0.4) is 0 Å². The predicted molar refractivity (Wildman–Crippen MR) is 95.1 cm³/mol. The summed E-state index contributed by atoms with van der Waals surface area (Å²) >= 11 is 0. The third-order valence-electron chi connectivity index (χ3n) is 4.39. The van der Waals surface area contributed by atoms with E-state index in [-0.39, 0.29) is 18.0 Å². The Morgan fingerprint density at radius 1 is 1.04 bits per heavy atom. The summed E-state index contributed by atoms with van der Waals surface area (Å²) in [5.74, 6) is 0.0356. The van der Waals surface area contributed by atoms with E-state index in [9.17, 15) is 8.42 Å². The molecule has 128 valence electrons. The van der Waals surface area contributed by atoms with Crippen molar-refractivity contribution in [2.24, 2.45) is 0 Å². The van der Waals surface area contributed by atoms with Gasteiger partial charge in [-0.05, 0) is 30.5 Å². The zero-order valence-electron chi connectivity index (χ0n) is 14.1. The average molecular weight is 345 g/mol. The molecule has 1 aliphatic rings. The van der Waals surface area contributed by atoms with Gasteiger partial charge in [0, 0.05) is 13.1 Å². The molecule has 3 rings (SSSR count). The number of nitrogens with zero attached hydrogens (tertiary/aromatic N) is 1. The molecule has 0 amide bonds. The van der Waals surface area contributed by atoms with Crippen LogP contribution in [0.15, 0.2) is 54.6 Å². The van der Waals surface area contributed by atoms with E-state index in [1.54, 1.807) is 4.31 Å². The molecule has 2 unspecified atom stereocenters. The third-order valence-corrected chi connectivity index (χ3v) is 6.15. The van der Waals surface area contributed by atoms with Crippen molar-refractivity contribution in [3.8, 4) is 0 Å². The molecule has 0 spiro atoms. The first-order chi connectivity index (χ1) is 11.5. The molecule has 1 aliphatic heterocycles. The summed E-state index contributed by atoms with van der Waals surface area (Å²) in [6, 6.07) is 17.4. The van der Waals surface area contributed by atoms with E-state index in [4.69, 9.17) is 4.74 Å². The summed E-state index contributed by atoms with van der Waals surface area (Å²) < 4.78 is 33.3. The maximum absolute atomic E-state index is 12.9. The van der Waals surface area contributed by atoms with Gasteiger partial charge in [-0.1, -0.05) is 54.6 Å². The van der Waals surface area contributed by atoms with Crippen LogP contribution in [0.1, 0.15) is 29.7 Å². The first-order valence-corrected chi connectivity index (χ1v) is 9.79. The van der Waals surface area contributed by atoms with Crippen LogP contribution in [0.4, 0.5) is 0 Å². The lowest BCUT2D eigenvalue weighted by Crippen LogP contribution is -2.46. The summed E-state index contributed by atoms with van der Waals surface area (Å²) in [4.78, 5) is 0. The fourth-order valence-corrected chi connectivity index (χ4v) is 4.75. The van der Waals surface area contributed by atoms with Crippen molar-refractivity contribution in [2.75, 3.05) is 13.1 Å². The van der Waals surface area contributed by atoms with Gasteiger partial charge >= 0.3 is 0 Å². The Morgan fingerprint density at radius 2 is 1.71 bits per heavy atom. The van der Waals surface area contributed by atoms with Crippen LogP contribution in [0.2, 0.25) is 0 Å². The highest BCUT2D eigenvalue weighted by molar-refractivity contribution is 7.88. The number of sulfonamides is 1. The van der Waals surface area contributed by atoms with E-state index in [1.165, 1.54) is 0 Å². The van der Waals surface area contributed by atoms with Crippen molar-refractivity contribution in [1.29, 1.82) is 0 Å². The molecule has 4 nitrogen and oxygen atoms in total. The van der Waals surface area contributed by atoms with E-state index in [0.717, 1.165) is 16.7 Å². The molecule has 24 heavy (non-hydrogen) atoms. The van der Waals surface area contributed by atoms with Crippen LogP contribution in [-0.4, -0.2) is 31.9 Å². The Balaban J connectivity index is 1.81. The molecule has 0 radical (unpaired) electrons. The number of rotatable bonds is 4. The monoisotopic (exact) mass is 345 g/mol. The van der Waals surface area contributed by atoms with Gasteiger partial charge in [0.2, 0.25) is 10.0 Å². The van der Waals surface area contributed by atoms with Gasteiger partial charge in [0.15, 0.2) is 0 Å². The second kappa shape index (κ2) is 7.05. The highest BCUT2D eigenvalue weighted by atomic mass is 32.2. The molecule has 0 bridgehead atoms. The lowest BCUT2D eigenvalue weighted by Gasteiger charge is -2.36. The maximum atomic E-state index is 12.9. The summed E-state index contributed by atoms with van der Waals surface area (Å²) in [6.45, 7) is 4.63. The van der Waals surface area contributed by atoms with Crippen LogP contribution in [-0.2, 0) is 20.5 Å². The number of aryl methyl sites for hydroxylation is 1. The highest BCUT2D eigenvalue weighted by Gasteiger charge is 2.33. The molecule has 0 N–H and O–H groups in total. The van der Waals surface area contributed by atoms with Crippen LogP contribution in [0.25, 0.3) is 0 Å². The molecule has 2 aromatic carbocycles. The second-order valence-electron chi connectivity index (χ2n) is 6.35. The van der Waals surface area contributed by atoms with Crippen molar-refractivity contribution in [3.63, 3.8) is 0 Å². The predicted octanol–water partition coefficient (Wildman–Crippen LogP) is 3.29. The summed E-state index contributed by atoms with van der Waals surface area (Å²) in [5, 5.41) is 0. The van der Waals surface area contributed by atoms with Gasteiger partial charge in [0.25, 0.3) is 0 Å². The van der Waals surface area contributed by atoms with Crippen LogP contribution in [0.5, 0.6) is 0 Å². The van der Waals surface area contributed by atoms with Gasteiger partial charge < -0.3 is 4.74 Å². The van der Waals surface area contributed by atoms with Gasteiger partial charge in [-0.2, -0.15) is 4.31 Å². The first kappa shape index (κ1) is 17.1. The Bertz CT molecular complexity index is 789. The number of benzene rings is 2. The first-order valence-electron chi connectivity index (χ1n) is 8.18. The number of ether oxygens (including phenoxy) is 1. The molecule has 1 heterocycles. The van der Waals surface area contributed by atoms with Crippen LogP contribution in [0, 0.1) is 6.92 Å². The largest absolute Gasteiger partial charge is 0.368 e. The zero-order chi connectivity index (χ0) is 17.2. The average Bonchev–Trinajstić information content (AvgIpc) is 2.57. The van der Waals surface area contributed by atoms with Gasteiger partial charge in [-0.15, -0.1) is 0 Å². The maximum Gasteiger partial charge on any atom is 0.218 e. The van der Waals surface area contributed by atoms with E-state index in [2.05, 4.69) is 0 Å². The minimum atomic E-state index is -3.38. The van der Waals surface area contributed by atoms with E-state index in [1.807, 2.05) is 68.4 Å². The summed E-state index contributed by atoms with van der Waals surface area (Å²) in [7, 11) is -3.38. The second-order valence-corrected chi connectivity index (χ2v) is 8.31. The number of hydrogen-bond acceptors (Lipinski definition) is 3. The van der Waals surface area contributed by atoms with Gasteiger partial charge in [-0.3, -0.25) is 0 Å². The standard InChI is InChI=1S/C19H23NO3S/c1-15-8-6-7-11-18(15)14-24(21,22)20-12-16(2)23-19(13-20)17-9-4-3-5-10-17/h3-11,16,19H,12-14H2,1-2H3. The van der Waals surface area contributed by atoms with Crippen LogP contribution < -0.4 is 0 Å².